The van der Waals surface area contributed by atoms with E-state index in [0.717, 1.165) is 6.42 Å². The Hall–Kier alpha value is -1.78. The smallest absolute Gasteiger partial charge is 0.289 e. The van der Waals surface area contributed by atoms with Crippen LogP contribution in [0.15, 0.2) is 22.8 Å². The summed E-state index contributed by atoms with van der Waals surface area (Å²) in [6, 6.07) is 3.48. The largest absolute Gasteiger partial charge is 0.459 e. The monoisotopic (exact) mass is 220 g/mol. The van der Waals surface area contributed by atoms with Gasteiger partial charge in [0.15, 0.2) is 5.76 Å². The fourth-order valence-electron chi connectivity index (χ4n) is 2.52. The fraction of sp³-hybridized carbons (Fsp3) is 0.455. The summed E-state index contributed by atoms with van der Waals surface area (Å²) in [6.07, 6.45) is 2.73. The number of likely N-dealkylation sites (tertiary alicyclic amines) is 1. The van der Waals surface area contributed by atoms with Gasteiger partial charge >= 0.3 is 0 Å². The number of hydrogen-bond donors (Lipinski definition) is 1. The number of nitrogens with zero attached hydrogens (tertiary/aromatic N) is 1. The molecule has 1 aromatic heterocycles. The Bertz CT molecular complexity index is 426. The molecule has 1 N–H and O–H groups in total. The molecular formula is C11H12N2O3. The lowest BCUT2D eigenvalue weighted by Gasteiger charge is -2.21. The molecule has 84 valence electrons. The molecule has 16 heavy (non-hydrogen) atoms. The first-order chi connectivity index (χ1) is 7.75. The lowest BCUT2D eigenvalue weighted by Crippen LogP contribution is -2.38. The number of nitrogens with one attached hydrogen (secondary N) is 1. The van der Waals surface area contributed by atoms with Gasteiger partial charge in [0.2, 0.25) is 5.91 Å². The molecule has 1 aromatic rings. The molecule has 0 spiro atoms. The molecule has 0 bridgehead atoms. The lowest BCUT2D eigenvalue weighted by molar-refractivity contribution is -0.119. The summed E-state index contributed by atoms with van der Waals surface area (Å²) < 4.78 is 5.09. The normalized spacial score (nSPS) is 28.0. The zero-order valence-corrected chi connectivity index (χ0v) is 8.68. The molecule has 3 rings (SSSR count). The Morgan fingerprint density at radius 1 is 1.56 bits per heavy atom. The van der Waals surface area contributed by atoms with Gasteiger partial charge in [-0.3, -0.25) is 9.59 Å². The van der Waals surface area contributed by atoms with Crippen molar-refractivity contribution >= 4 is 11.8 Å². The van der Waals surface area contributed by atoms with Crippen LogP contribution in [0.4, 0.5) is 0 Å². The van der Waals surface area contributed by atoms with Crippen molar-refractivity contribution in [2.24, 2.45) is 0 Å². The van der Waals surface area contributed by atoms with Gasteiger partial charge in [0.1, 0.15) is 0 Å². The second-order valence-corrected chi connectivity index (χ2v) is 4.21. The van der Waals surface area contributed by atoms with Crippen molar-refractivity contribution in [2.75, 3.05) is 6.54 Å². The second-order valence-electron chi connectivity index (χ2n) is 4.21. The van der Waals surface area contributed by atoms with Crippen LogP contribution in [0.3, 0.4) is 0 Å². The van der Waals surface area contributed by atoms with Crippen LogP contribution in [0.25, 0.3) is 0 Å². The molecular weight excluding hydrogens is 208 g/mol. The summed E-state index contributed by atoms with van der Waals surface area (Å²) in [5.41, 5.74) is 0. The molecule has 0 radical (unpaired) electrons. The van der Waals surface area contributed by atoms with Gasteiger partial charge < -0.3 is 14.6 Å². The summed E-state index contributed by atoms with van der Waals surface area (Å²) in [5, 5.41) is 2.88. The number of furan rings is 1. The Morgan fingerprint density at radius 3 is 3.19 bits per heavy atom. The molecule has 3 heterocycles. The zero-order valence-electron chi connectivity index (χ0n) is 8.68. The molecule has 0 saturated carbocycles. The van der Waals surface area contributed by atoms with Crippen LogP contribution in [-0.2, 0) is 4.79 Å². The average Bonchev–Trinajstić information content (AvgIpc) is 2.90. The van der Waals surface area contributed by atoms with Crippen LogP contribution in [0.2, 0.25) is 0 Å². The van der Waals surface area contributed by atoms with Crippen molar-refractivity contribution in [1.82, 2.24) is 10.2 Å². The SMILES string of the molecule is O=C1C[C@@H]2[C@@H](CCN2C(=O)c2ccco2)N1. The minimum absolute atomic E-state index is 0.00472. The summed E-state index contributed by atoms with van der Waals surface area (Å²) >= 11 is 0. The van der Waals surface area contributed by atoms with E-state index in [9.17, 15) is 9.59 Å². The number of hydrogen-bond acceptors (Lipinski definition) is 3. The van der Waals surface area contributed by atoms with Gasteiger partial charge in [-0.25, -0.2) is 0 Å². The Balaban J connectivity index is 1.81. The maximum absolute atomic E-state index is 12.1. The highest BCUT2D eigenvalue weighted by Crippen LogP contribution is 2.27. The molecule has 0 unspecified atom stereocenters. The van der Waals surface area contributed by atoms with E-state index in [-0.39, 0.29) is 23.9 Å². The maximum Gasteiger partial charge on any atom is 0.289 e. The van der Waals surface area contributed by atoms with Crippen molar-refractivity contribution in [3.8, 4) is 0 Å². The Morgan fingerprint density at radius 2 is 2.44 bits per heavy atom. The van der Waals surface area contributed by atoms with Gasteiger partial charge in [-0.15, -0.1) is 0 Å². The zero-order chi connectivity index (χ0) is 11.1. The number of amides is 2. The number of carbonyl (C=O) groups is 2. The molecule has 2 amide bonds. The molecule has 5 nitrogen and oxygen atoms in total. The predicted molar refractivity (Wildman–Crippen MR) is 54.7 cm³/mol. The van der Waals surface area contributed by atoms with E-state index in [2.05, 4.69) is 5.32 Å². The van der Waals surface area contributed by atoms with Gasteiger partial charge in [-0.1, -0.05) is 0 Å². The third-order valence-electron chi connectivity index (χ3n) is 3.28. The summed E-state index contributed by atoms with van der Waals surface area (Å²) in [5.74, 6) is 0.265. The summed E-state index contributed by atoms with van der Waals surface area (Å²) in [4.78, 5) is 25.0. The molecule has 0 aliphatic carbocycles. The van der Waals surface area contributed by atoms with Crippen LogP contribution in [0.1, 0.15) is 23.4 Å². The van der Waals surface area contributed by atoms with Crippen molar-refractivity contribution in [3.63, 3.8) is 0 Å². The highest BCUT2D eigenvalue weighted by Gasteiger charge is 2.43. The van der Waals surface area contributed by atoms with Crippen molar-refractivity contribution in [3.05, 3.63) is 24.2 Å². The first-order valence-corrected chi connectivity index (χ1v) is 5.39. The average molecular weight is 220 g/mol. The molecule has 5 heteroatoms. The molecule has 0 aromatic carbocycles. The topological polar surface area (TPSA) is 62.6 Å². The van der Waals surface area contributed by atoms with Crippen molar-refractivity contribution < 1.29 is 14.0 Å². The van der Waals surface area contributed by atoms with Crippen LogP contribution >= 0.6 is 0 Å². The van der Waals surface area contributed by atoms with Crippen LogP contribution in [0, 0.1) is 0 Å². The van der Waals surface area contributed by atoms with E-state index in [4.69, 9.17) is 4.42 Å². The van der Waals surface area contributed by atoms with Crippen LogP contribution < -0.4 is 5.32 Å². The van der Waals surface area contributed by atoms with E-state index in [1.165, 1.54) is 6.26 Å². The first kappa shape index (κ1) is 9.45. The highest BCUT2D eigenvalue weighted by molar-refractivity contribution is 5.93. The van der Waals surface area contributed by atoms with Crippen LogP contribution in [-0.4, -0.2) is 35.3 Å². The third-order valence-corrected chi connectivity index (χ3v) is 3.28. The predicted octanol–water partition coefficient (Wildman–Crippen LogP) is 0.383. The molecule has 2 fully saturated rings. The van der Waals surface area contributed by atoms with Crippen molar-refractivity contribution in [2.45, 2.75) is 24.9 Å². The number of rotatable bonds is 1. The summed E-state index contributed by atoms with van der Waals surface area (Å²) in [7, 11) is 0. The van der Waals surface area contributed by atoms with E-state index < -0.39 is 0 Å². The highest BCUT2D eigenvalue weighted by atomic mass is 16.3. The second kappa shape index (κ2) is 3.37. The summed E-state index contributed by atoms with van der Waals surface area (Å²) in [6.45, 7) is 0.690. The Labute approximate surface area is 92.4 Å². The van der Waals surface area contributed by atoms with Gasteiger partial charge in [0.25, 0.3) is 5.91 Å². The molecule has 2 atom stereocenters. The standard InChI is InChI=1S/C11H12N2O3/c14-10-6-8-7(12-10)3-4-13(8)11(15)9-2-1-5-16-9/h1-2,5,7-8H,3-4,6H2,(H,12,14)/t7-,8-/m1/s1. The molecule has 2 aliphatic rings. The minimum Gasteiger partial charge on any atom is -0.459 e. The van der Waals surface area contributed by atoms with Crippen molar-refractivity contribution in [1.29, 1.82) is 0 Å². The molecule has 2 saturated heterocycles. The maximum atomic E-state index is 12.1. The van der Waals surface area contributed by atoms with Gasteiger partial charge in [-0.05, 0) is 18.6 Å². The van der Waals surface area contributed by atoms with Gasteiger partial charge in [0.05, 0.1) is 18.3 Å². The molecule has 2 aliphatic heterocycles. The number of carbonyl (C=O) groups excluding carboxylic acids is 2. The fourth-order valence-corrected chi connectivity index (χ4v) is 2.52. The van der Waals surface area contributed by atoms with Gasteiger partial charge in [0, 0.05) is 13.0 Å². The lowest BCUT2D eigenvalue weighted by atomic mass is 10.1. The van der Waals surface area contributed by atoms with E-state index in [1.54, 1.807) is 17.0 Å². The van der Waals surface area contributed by atoms with E-state index >= 15 is 0 Å². The van der Waals surface area contributed by atoms with E-state index in [1.807, 2.05) is 0 Å². The quantitative estimate of drug-likeness (QED) is 0.744. The first-order valence-electron chi connectivity index (χ1n) is 5.39. The van der Waals surface area contributed by atoms with E-state index in [0.29, 0.717) is 18.7 Å². The van der Waals surface area contributed by atoms with Crippen LogP contribution in [0.5, 0.6) is 0 Å². The Kier molecular flexibility index (Phi) is 1.99. The number of fused-ring (bicyclic) bond motifs is 1. The minimum atomic E-state index is -0.117. The van der Waals surface area contributed by atoms with Gasteiger partial charge in [-0.2, -0.15) is 0 Å². The third kappa shape index (κ3) is 1.31.